The first-order chi connectivity index (χ1) is 8.54. The summed E-state index contributed by atoms with van der Waals surface area (Å²) in [6.45, 7) is 2.50. The molecule has 0 aliphatic carbocycles. The second-order valence-electron chi connectivity index (χ2n) is 3.84. The molecule has 2 aromatic rings. The number of aromatic nitrogens is 2. The highest BCUT2D eigenvalue weighted by Crippen LogP contribution is 2.28. The van der Waals surface area contributed by atoms with Gasteiger partial charge in [-0.2, -0.15) is 5.10 Å². The lowest BCUT2D eigenvalue weighted by Crippen LogP contribution is -2.19. The van der Waals surface area contributed by atoms with E-state index >= 15 is 0 Å². The van der Waals surface area contributed by atoms with Gasteiger partial charge in [0.05, 0.1) is 22.4 Å². The number of hydrogen-bond acceptors (Lipinski definition) is 2. The average molecular weight is 316 g/mol. The fraction of sp³-hybridized carbons (Fsp3) is 0.250. The molecule has 0 aliphatic heterocycles. The Hall–Kier alpha value is -1.27. The van der Waals surface area contributed by atoms with Crippen molar-refractivity contribution in [2.75, 3.05) is 0 Å². The number of halogens is 3. The van der Waals surface area contributed by atoms with E-state index in [0.717, 1.165) is 18.2 Å². The molecule has 0 bridgehead atoms. The molecule has 2 rings (SSSR count). The molecule has 2 N–H and O–H groups in total. The van der Waals surface area contributed by atoms with Crippen molar-refractivity contribution in [3.05, 3.63) is 51.8 Å². The van der Waals surface area contributed by atoms with Crippen LogP contribution >= 0.6 is 15.9 Å². The zero-order chi connectivity index (χ0) is 13.3. The minimum Gasteiger partial charge on any atom is -0.319 e. The van der Waals surface area contributed by atoms with Gasteiger partial charge in [0.1, 0.15) is 11.6 Å². The molecule has 0 saturated carbocycles. The summed E-state index contributed by atoms with van der Waals surface area (Å²) in [6.07, 6.45) is 1.59. The van der Waals surface area contributed by atoms with E-state index in [9.17, 15) is 8.78 Å². The summed E-state index contributed by atoms with van der Waals surface area (Å²) in [4.78, 5) is 0. The molecule has 0 fully saturated rings. The average Bonchev–Trinajstić information content (AvgIpc) is 2.72. The Labute approximate surface area is 112 Å². The van der Waals surface area contributed by atoms with Gasteiger partial charge in [-0.3, -0.25) is 4.68 Å². The molecule has 96 valence electrons. The Morgan fingerprint density at radius 2 is 2.17 bits per heavy atom. The summed E-state index contributed by atoms with van der Waals surface area (Å²) in [5.74, 6) is -1.04. The van der Waals surface area contributed by atoms with E-state index in [2.05, 4.69) is 21.0 Å². The zero-order valence-electron chi connectivity index (χ0n) is 9.70. The maximum absolute atomic E-state index is 13.7. The highest BCUT2D eigenvalue weighted by molar-refractivity contribution is 9.10. The smallest absolute Gasteiger partial charge is 0.128 e. The van der Waals surface area contributed by atoms with Gasteiger partial charge in [-0.05, 0) is 41.1 Å². The van der Waals surface area contributed by atoms with Crippen LogP contribution in [0.25, 0.3) is 0 Å². The van der Waals surface area contributed by atoms with Gasteiger partial charge in [0.25, 0.3) is 0 Å². The van der Waals surface area contributed by atoms with E-state index in [4.69, 9.17) is 5.73 Å². The summed E-state index contributed by atoms with van der Waals surface area (Å²) in [7, 11) is 0. The number of nitrogens with zero attached hydrogens (tertiary/aromatic N) is 2. The number of rotatable bonds is 3. The van der Waals surface area contributed by atoms with Crippen LogP contribution in [-0.4, -0.2) is 9.78 Å². The van der Waals surface area contributed by atoms with Gasteiger partial charge in [0.2, 0.25) is 0 Å². The summed E-state index contributed by atoms with van der Waals surface area (Å²) in [5, 5.41) is 4.11. The van der Waals surface area contributed by atoms with E-state index in [1.807, 2.05) is 6.92 Å². The fourth-order valence-electron chi connectivity index (χ4n) is 1.83. The maximum atomic E-state index is 13.7. The van der Waals surface area contributed by atoms with Crippen LogP contribution in [0.3, 0.4) is 0 Å². The Balaban J connectivity index is 2.50. The summed E-state index contributed by atoms with van der Waals surface area (Å²) in [5.41, 5.74) is 6.75. The minimum absolute atomic E-state index is 0.117. The van der Waals surface area contributed by atoms with Crippen molar-refractivity contribution in [1.82, 2.24) is 9.78 Å². The monoisotopic (exact) mass is 315 g/mol. The molecule has 0 amide bonds. The van der Waals surface area contributed by atoms with Gasteiger partial charge in [0.15, 0.2) is 0 Å². The zero-order valence-corrected chi connectivity index (χ0v) is 11.3. The summed E-state index contributed by atoms with van der Waals surface area (Å²) in [6, 6.07) is 2.49. The molecule has 3 nitrogen and oxygen atoms in total. The number of benzene rings is 1. The number of nitrogens with two attached hydrogens (primary N) is 1. The van der Waals surface area contributed by atoms with Crippen LogP contribution in [0.4, 0.5) is 8.78 Å². The Bertz CT molecular complexity index is 568. The third kappa shape index (κ3) is 2.30. The van der Waals surface area contributed by atoms with Crippen molar-refractivity contribution < 1.29 is 8.78 Å². The second-order valence-corrected chi connectivity index (χ2v) is 4.69. The predicted octanol–water partition coefficient (Wildman–Crippen LogP) is 2.99. The van der Waals surface area contributed by atoms with Crippen molar-refractivity contribution in [2.24, 2.45) is 5.73 Å². The maximum Gasteiger partial charge on any atom is 0.128 e. The highest BCUT2D eigenvalue weighted by Gasteiger charge is 2.21. The molecule has 1 aromatic carbocycles. The van der Waals surface area contributed by atoms with Crippen molar-refractivity contribution >= 4 is 15.9 Å². The van der Waals surface area contributed by atoms with Crippen LogP contribution in [0, 0.1) is 11.6 Å². The molecule has 0 aliphatic rings. The third-order valence-corrected chi connectivity index (χ3v) is 3.33. The van der Waals surface area contributed by atoms with Crippen molar-refractivity contribution in [3.63, 3.8) is 0 Å². The molecular formula is C12H12BrF2N3. The van der Waals surface area contributed by atoms with E-state index in [1.54, 1.807) is 10.9 Å². The molecule has 0 saturated heterocycles. The van der Waals surface area contributed by atoms with Crippen LogP contribution in [0.1, 0.15) is 24.2 Å². The summed E-state index contributed by atoms with van der Waals surface area (Å²) >= 11 is 3.32. The lowest BCUT2D eigenvalue weighted by atomic mass is 10.0. The standard InChI is InChI=1S/C12H12BrF2N3/c1-2-18-12(9(13)6-17-18)11(16)8-5-7(14)3-4-10(8)15/h3-6,11H,2,16H2,1H3. The fourth-order valence-corrected chi connectivity index (χ4v) is 2.38. The van der Waals surface area contributed by atoms with Gasteiger partial charge in [-0.25, -0.2) is 8.78 Å². The molecular weight excluding hydrogens is 304 g/mol. The van der Waals surface area contributed by atoms with Crippen LogP contribution in [0.5, 0.6) is 0 Å². The molecule has 0 spiro atoms. The predicted molar refractivity (Wildman–Crippen MR) is 68.0 cm³/mol. The first-order valence-corrected chi connectivity index (χ1v) is 6.25. The van der Waals surface area contributed by atoms with Crippen LogP contribution < -0.4 is 5.73 Å². The SMILES string of the molecule is CCn1ncc(Br)c1C(N)c1cc(F)ccc1F. The normalized spacial score (nSPS) is 12.7. The first kappa shape index (κ1) is 13.2. The molecule has 1 aromatic heterocycles. The molecule has 18 heavy (non-hydrogen) atoms. The first-order valence-electron chi connectivity index (χ1n) is 5.46. The molecule has 1 atom stereocenters. The Morgan fingerprint density at radius 1 is 1.44 bits per heavy atom. The van der Waals surface area contributed by atoms with Gasteiger partial charge in [-0.1, -0.05) is 0 Å². The van der Waals surface area contributed by atoms with Gasteiger partial charge in [0, 0.05) is 12.1 Å². The Morgan fingerprint density at radius 3 is 2.83 bits per heavy atom. The third-order valence-electron chi connectivity index (χ3n) is 2.72. The van der Waals surface area contributed by atoms with Crippen LogP contribution in [-0.2, 0) is 6.54 Å². The molecule has 6 heteroatoms. The largest absolute Gasteiger partial charge is 0.319 e. The van der Waals surface area contributed by atoms with Crippen molar-refractivity contribution in [1.29, 1.82) is 0 Å². The molecule has 1 heterocycles. The van der Waals surface area contributed by atoms with E-state index in [0.29, 0.717) is 16.7 Å². The lowest BCUT2D eigenvalue weighted by molar-refractivity contribution is 0.555. The van der Waals surface area contributed by atoms with E-state index in [1.165, 1.54) is 0 Å². The van der Waals surface area contributed by atoms with Gasteiger partial charge in [-0.15, -0.1) is 0 Å². The second kappa shape index (κ2) is 5.16. The van der Waals surface area contributed by atoms with E-state index < -0.39 is 17.7 Å². The molecule has 1 unspecified atom stereocenters. The topological polar surface area (TPSA) is 43.8 Å². The van der Waals surface area contributed by atoms with Gasteiger partial charge >= 0.3 is 0 Å². The van der Waals surface area contributed by atoms with Crippen molar-refractivity contribution in [2.45, 2.75) is 19.5 Å². The Kier molecular flexibility index (Phi) is 3.77. The van der Waals surface area contributed by atoms with Crippen LogP contribution in [0.15, 0.2) is 28.9 Å². The van der Waals surface area contributed by atoms with Gasteiger partial charge < -0.3 is 5.73 Å². The molecule has 0 radical (unpaired) electrons. The highest BCUT2D eigenvalue weighted by atomic mass is 79.9. The van der Waals surface area contributed by atoms with E-state index in [-0.39, 0.29) is 5.56 Å². The minimum atomic E-state index is -0.766. The van der Waals surface area contributed by atoms with Crippen molar-refractivity contribution in [3.8, 4) is 0 Å². The van der Waals surface area contributed by atoms with Crippen LogP contribution in [0.2, 0.25) is 0 Å². The lowest BCUT2D eigenvalue weighted by Gasteiger charge is -2.15. The quantitative estimate of drug-likeness (QED) is 0.946. The number of hydrogen-bond donors (Lipinski definition) is 1. The summed E-state index contributed by atoms with van der Waals surface area (Å²) < 4.78 is 29.2. The number of aryl methyl sites for hydroxylation is 1.